The van der Waals surface area contributed by atoms with Crippen LogP contribution in [-0.2, 0) is 10.1 Å². The van der Waals surface area contributed by atoms with E-state index in [1.165, 1.54) is 32.4 Å². The minimum absolute atomic E-state index is 0.00312. The number of nitrogens with one attached hydrogen (secondary N) is 1. The Kier molecular flexibility index (Phi) is 6.90. The van der Waals surface area contributed by atoms with Crippen molar-refractivity contribution in [2.24, 2.45) is 0 Å². The smallest absolute Gasteiger partial charge is 0.341 e. The first-order valence-corrected chi connectivity index (χ1v) is 15.0. The van der Waals surface area contributed by atoms with E-state index in [2.05, 4.69) is 26.2 Å². The molecule has 1 N–H and O–H groups in total. The molecule has 0 amide bonds. The standard InChI is InChI=1S/C29H27BrN4O4S/c1-37-24-17-20(12-14-23(24)38-39(35,36)25-11-5-7-19-8-6-16-31-27(19)25)28-29(32-22-9-3-2-4-10-22)34-18-21(30)13-15-26(34)33-28/h5-8,11-18,22,32H,2-4,9-10H2,1H3. The highest BCUT2D eigenvalue weighted by Gasteiger charge is 2.24. The Hall–Kier alpha value is -3.63. The number of rotatable bonds is 7. The molecule has 0 bridgehead atoms. The number of ether oxygens (including phenoxy) is 1. The number of methoxy groups -OCH3 is 1. The minimum atomic E-state index is -4.18. The van der Waals surface area contributed by atoms with Crippen LogP contribution in [0.5, 0.6) is 11.5 Å². The number of imidazole rings is 1. The Balaban J connectivity index is 1.39. The lowest BCUT2D eigenvalue weighted by molar-refractivity contribution is 0.391. The molecule has 1 fully saturated rings. The molecule has 8 nitrogen and oxygen atoms in total. The molecule has 0 saturated heterocycles. The number of fused-ring (bicyclic) bond motifs is 2. The molecule has 0 radical (unpaired) electrons. The van der Waals surface area contributed by atoms with Crippen molar-refractivity contribution < 1.29 is 17.3 Å². The van der Waals surface area contributed by atoms with Gasteiger partial charge in [0.05, 0.1) is 12.6 Å². The van der Waals surface area contributed by atoms with Crippen LogP contribution in [0.3, 0.4) is 0 Å². The Labute approximate surface area is 235 Å². The molecule has 0 atom stereocenters. The van der Waals surface area contributed by atoms with E-state index >= 15 is 0 Å². The fourth-order valence-electron chi connectivity index (χ4n) is 5.12. The number of pyridine rings is 2. The third-order valence-electron chi connectivity index (χ3n) is 7.03. The summed E-state index contributed by atoms with van der Waals surface area (Å²) in [6, 6.07) is 18.0. The van der Waals surface area contributed by atoms with Crippen LogP contribution < -0.4 is 14.2 Å². The number of anilines is 1. The largest absolute Gasteiger partial charge is 0.493 e. The van der Waals surface area contributed by atoms with Gasteiger partial charge in [-0.05, 0) is 71.2 Å². The van der Waals surface area contributed by atoms with Gasteiger partial charge >= 0.3 is 10.1 Å². The molecule has 5 aromatic rings. The Morgan fingerprint density at radius 1 is 1.00 bits per heavy atom. The van der Waals surface area contributed by atoms with Crippen LogP contribution in [0, 0.1) is 0 Å². The first-order chi connectivity index (χ1) is 18.9. The molecule has 200 valence electrons. The fourth-order valence-corrected chi connectivity index (χ4v) is 6.58. The number of benzene rings is 2. The van der Waals surface area contributed by atoms with E-state index in [4.69, 9.17) is 13.9 Å². The number of hydrogen-bond donors (Lipinski definition) is 1. The van der Waals surface area contributed by atoms with Crippen LogP contribution >= 0.6 is 15.9 Å². The predicted octanol–water partition coefficient (Wildman–Crippen LogP) is 6.83. The third kappa shape index (κ3) is 5.06. The Morgan fingerprint density at radius 3 is 2.64 bits per heavy atom. The summed E-state index contributed by atoms with van der Waals surface area (Å²) >= 11 is 3.58. The molecule has 1 saturated carbocycles. The Bertz CT molecular complexity index is 1780. The average Bonchev–Trinajstić information content (AvgIpc) is 3.30. The van der Waals surface area contributed by atoms with Crippen LogP contribution in [0.1, 0.15) is 32.1 Å². The van der Waals surface area contributed by atoms with Gasteiger partial charge in [-0.1, -0.05) is 37.5 Å². The first-order valence-electron chi connectivity index (χ1n) is 12.8. The molecule has 0 unspecified atom stereocenters. The van der Waals surface area contributed by atoms with Crippen LogP contribution in [0.2, 0.25) is 0 Å². The lowest BCUT2D eigenvalue weighted by Gasteiger charge is -2.24. The van der Waals surface area contributed by atoms with Gasteiger partial charge < -0.3 is 14.2 Å². The SMILES string of the molecule is COc1cc(-c2nc3ccc(Br)cn3c2NC2CCCCC2)ccc1OS(=O)(=O)c1cccc2cccnc12. The average molecular weight is 608 g/mol. The summed E-state index contributed by atoms with van der Waals surface area (Å²) in [6.45, 7) is 0. The lowest BCUT2D eigenvalue weighted by atomic mass is 9.95. The zero-order valence-electron chi connectivity index (χ0n) is 21.3. The van der Waals surface area contributed by atoms with E-state index in [-0.39, 0.29) is 16.4 Å². The first kappa shape index (κ1) is 25.6. The van der Waals surface area contributed by atoms with E-state index in [0.717, 1.165) is 40.0 Å². The summed E-state index contributed by atoms with van der Waals surface area (Å²) in [5, 5.41) is 4.44. The van der Waals surface area contributed by atoms with Crippen molar-refractivity contribution in [1.29, 1.82) is 0 Å². The third-order valence-corrected chi connectivity index (χ3v) is 8.77. The molecule has 39 heavy (non-hydrogen) atoms. The summed E-state index contributed by atoms with van der Waals surface area (Å²) in [5.74, 6) is 1.26. The van der Waals surface area contributed by atoms with Crippen molar-refractivity contribution in [3.63, 3.8) is 0 Å². The van der Waals surface area contributed by atoms with E-state index in [1.54, 1.807) is 36.5 Å². The second-order valence-electron chi connectivity index (χ2n) is 9.60. The molecular weight excluding hydrogens is 580 g/mol. The molecule has 10 heteroatoms. The lowest BCUT2D eigenvalue weighted by Crippen LogP contribution is -2.23. The van der Waals surface area contributed by atoms with E-state index in [9.17, 15) is 8.42 Å². The zero-order chi connectivity index (χ0) is 27.0. The number of nitrogens with zero attached hydrogens (tertiary/aromatic N) is 3. The molecule has 0 spiro atoms. The Morgan fingerprint density at radius 2 is 1.82 bits per heavy atom. The topological polar surface area (TPSA) is 94.8 Å². The van der Waals surface area contributed by atoms with Gasteiger partial charge in [-0.25, -0.2) is 4.98 Å². The molecule has 3 heterocycles. The second kappa shape index (κ2) is 10.5. The maximum absolute atomic E-state index is 13.3. The van der Waals surface area contributed by atoms with Crippen LogP contribution in [0.25, 0.3) is 27.8 Å². The molecule has 3 aromatic heterocycles. The quantitative estimate of drug-likeness (QED) is 0.203. The van der Waals surface area contributed by atoms with Gasteiger partial charge in [-0.3, -0.25) is 9.38 Å². The maximum atomic E-state index is 13.3. The van der Waals surface area contributed by atoms with Gasteiger partial charge in [-0.2, -0.15) is 8.42 Å². The monoisotopic (exact) mass is 606 g/mol. The van der Waals surface area contributed by atoms with E-state index < -0.39 is 10.1 Å². The number of aromatic nitrogens is 3. The highest BCUT2D eigenvalue weighted by molar-refractivity contribution is 9.10. The van der Waals surface area contributed by atoms with Crippen molar-refractivity contribution in [3.05, 3.63) is 77.5 Å². The molecular formula is C29H27BrN4O4S. The summed E-state index contributed by atoms with van der Waals surface area (Å²) in [5.41, 5.74) is 2.69. The molecule has 2 aromatic carbocycles. The van der Waals surface area contributed by atoms with Crippen molar-refractivity contribution in [2.75, 3.05) is 12.4 Å². The van der Waals surface area contributed by atoms with Gasteiger partial charge in [0, 0.05) is 33.9 Å². The van der Waals surface area contributed by atoms with Crippen LogP contribution in [-0.4, -0.2) is 35.9 Å². The molecule has 6 rings (SSSR count). The van der Waals surface area contributed by atoms with E-state index in [0.29, 0.717) is 16.9 Å². The molecule has 1 aliphatic carbocycles. The van der Waals surface area contributed by atoms with Crippen molar-refractivity contribution in [1.82, 2.24) is 14.4 Å². The summed E-state index contributed by atoms with van der Waals surface area (Å²) in [6.07, 6.45) is 9.44. The number of hydrogen-bond acceptors (Lipinski definition) is 7. The predicted molar refractivity (Wildman–Crippen MR) is 155 cm³/mol. The van der Waals surface area contributed by atoms with E-state index in [1.807, 2.05) is 34.9 Å². The van der Waals surface area contributed by atoms with Gasteiger partial charge in [-0.15, -0.1) is 0 Å². The minimum Gasteiger partial charge on any atom is -0.493 e. The van der Waals surface area contributed by atoms with Gasteiger partial charge in [0.25, 0.3) is 0 Å². The summed E-state index contributed by atoms with van der Waals surface area (Å²) in [7, 11) is -2.70. The summed E-state index contributed by atoms with van der Waals surface area (Å²) < 4.78 is 40.8. The fraction of sp³-hybridized carbons (Fsp3) is 0.241. The van der Waals surface area contributed by atoms with Crippen LogP contribution in [0.4, 0.5) is 5.82 Å². The van der Waals surface area contributed by atoms with Gasteiger partial charge in [0.2, 0.25) is 0 Å². The maximum Gasteiger partial charge on any atom is 0.341 e. The van der Waals surface area contributed by atoms with Crippen molar-refractivity contribution >= 4 is 48.4 Å². The highest BCUT2D eigenvalue weighted by Crippen LogP contribution is 2.38. The van der Waals surface area contributed by atoms with Crippen molar-refractivity contribution in [3.8, 4) is 22.8 Å². The van der Waals surface area contributed by atoms with Crippen molar-refractivity contribution in [2.45, 2.75) is 43.0 Å². The number of halogens is 1. The highest BCUT2D eigenvalue weighted by atomic mass is 79.9. The van der Waals surface area contributed by atoms with Crippen LogP contribution in [0.15, 0.2) is 82.4 Å². The zero-order valence-corrected chi connectivity index (χ0v) is 23.7. The normalized spacial score (nSPS) is 14.5. The molecule has 0 aliphatic heterocycles. The number of para-hydroxylation sites is 1. The second-order valence-corrected chi connectivity index (χ2v) is 12.0. The van der Waals surface area contributed by atoms with Gasteiger partial charge in [0.15, 0.2) is 11.5 Å². The van der Waals surface area contributed by atoms with Gasteiger partial charge in [0.1, 0.15) is 22.1 Å². The summed E-state index contributed by atoms with van der Waals surface area (Å²) in [4.78, 5) is 9.16. The molecule has 1 aliphatic rings.